The van der Waals surface area contributed by atoms with Crippen LogP contribution in [0.4, 0.5) is 34.1 Å². The van der Waals surface area contributed by atoms with Crippen molar-refractivity contribution in [3.8, 4) is 55.6 Å². The van der Waals surface area contributed by atoms with Crippen LogP contribution >= 0.6 is 0 Å². The first-order valence-electron chi connectivity index (χ1n) is 26.5. The molecule has 0 radical (unpaired) electrons. The summed E-state index contributed by atoms with van der Waals surface area (Å²) < 4.78 is 0. The fraction of sp³-hybridized carbons (Fsp3) is 0.167. The maximum Gasteiger partial charge on any atom is 0.0564 e. The lowest BCUT2D eigenvalue weighted by Crippen LogP contribution is -2.20. The summed E-state index contributed by atoms with van der Waals surface area (Å²) in [5, 5.41) is 0. The van der Waals surface area contributed by atoms with Crippen LogP contribution in [0.3, 0.4) is 0 Å². The molecule has 74 heavy (non-hydrogen) atoms. The lowest BCUT2D eigenvalue weighted by molar-refractivity contribution is 0.652. The molecule has 4 aliphatic carbocycles. The van der Waals surface area contributed by atoms with E-state index in [0.29, 0.717) is 0 Å². The molecule has 0 saturated heterocycles. The van der Waals surface area contributed by atoms with Gasteiger partial charge in [-0.05, 0) is 167 Å². The summed E-state index contributed by atoms with van der Waals surface area (Å²) in [5.41, 5.74) is 30.0. The minimum atomic E-state index is -0.368. The zero-order valence-corrected chi connectivity index (χ0v) is 43.7. The molecule has 0 saturated carbocycles. The number of anilines is 6. The molecule has 0 N–H and O–H groups in total. The van der Waals surface area contributed by atoms with E-state index >= 15 is 0 Å². The highest BCUT2D eigenvalue weighted by Gasteiger charge is 2.45. The van der Waals surface area contributed by atoms with Gasteiger partial charge < -0.3 is 9.80 Å². The number of hydrogen-bond acceptors (Lipinski definition) is 2. The summed E-state index contributed by atoms with van der Waals surface area (Å²) in [4.78, 5) is 5.08. The summed E-state index contributed by atoms with van der Waals surface area (Å²) in [6.07, 6.45) is 0. The summed E-state index contributed by atoms with van der Waals surface area (Å²) in [7, 11) is 0. The minimum absolute atomic E-state index is 0.157. The second-order valence-electron chi connectivity index (χ2n) is 23.3. The summed E-state index contributed by atoms with van der Waals surface area (Å²) in [5.74, 6) is 0. The van der Waals surface area contributed by atoms with Crippen LogP contribution < -0.4 is 9.80 Å². The first-order valence-corrected chi connectivity index (χ1v) is 26.5. The number of fused-ring (bicyclic) bond motifs is 12. The molecule has 0 fully saturated rings. The Bertz CT molecular complexity index is 3950. The molecule has 0 amide bonds. The molecule has 0 heterocycles. The maximum absolute atomic E-state index is 2.59. The Morgan fingerprint density at radius 2 is 0.622 bits per heavy atom. The topological polar surface area (TPSA) is 6.48 Å². The van der Waals surface area contributed by atoms with Crippen LogP contribution in [0.25, 0.3) is 55.6 Å². The minimum Gasteiger partial charge on any atom is -0.310 e. The predicted octanol–water partition coefficient (Wildman–Crippen LogP) is 19.5. The van der Waals surface area contributed by atoms with E-state index in [2.05, 4.69) is 284 Å². The molecule has 4 aliphatic rings. The first kappa shape index (κ1) is 44.5. The molecule has 0 spiro atoms. The maximum atomic E-state index is 2.59. The van der Waals surface area contributed by atoms with E-state index in [4.69, 9.17) is 0 Å². The number of para-hydroxylation sites is 2. The monoisotopic (exact) mass is 952 g/mol. The van der Waals surface area contributed by atoms with Crippen molar-refractivity contribution in [3.05, 3.63) is 263 Å². The SMILES string of the molecule is CC1(C)c2ccccc2-c2ccc(N(c3ccccc3)c3cc(N(c4ccccc4)c4ccc5c(c4)C(C)(C)c4ccccc4-5)c4c(c3)C(C)(C)c3cc5c(cc3-4)C(C)(C)c3cccc(-c4ccccc4)c3-5)cc21. The fourth-order valence-electron chi connectivity index (χ4n) is 13.9. The number of hydrogen-bond donors (Lipinski definition) is 0. The Kier molecular flexibility index (Phi) is 9.41. The highest BCUT2D eigenvalue weighted by atomic mass is 15.2. The third kappa shape index (κ3) is 6.18. The van der Waals surface area contributed by atoms with E-state index in [1.807, 2.05) is 0 Å². The van der Waals surface area contributed by atoms with Gasteiger partial charge in [-0.3, -0.25) is 0 Å². The zero-order chi connectivity index (χ0) is 50.5. The van der Waals surface area contributed by atoms with Gasteiger partial charge in [-0.15, -0.1) is 0 Å². The van der Waals surface area contributed by atoms with Gasteiger partial charge in [-0.25, -0.2) is 0 Å². The van der Waals surface area contributed by atoms with E-state index in [-0.39, 0.29) is 21.7 Å². The van der Waals surface area contributed by atoms with E-state index in [1.54, 1.807) is 0 Å². The molecule has 14 rings (SSSR count). The van der Waals surface area contributed by atoms with Crippen LogP contribution in [-0.4, -0.2) is 0 Å². The average Bonchev–Trinajstić information content (AvgIpc) is 4.01. The molecular formula is C72H60N2. The quantitative estimate of drug-likeness (QED) is 0.157. The highest BCUT2D eigenvalue weighted by Crippen LogP contribution is 2.62. The lowest BCUT2D eigenvalue weighted by atomic mass is 9.79. The number of nitrogens with zero attached hydrogens (tertiary/aromatic N) is 2. The van der Waals surface area contributed by atoms with Gasteiger partial charge in [0.1, 0.15) is 0 Å². The van der Waals surface area contributed by atoms with Crippen LogP contribution in [0.2, 0.25) is 0 Å². The van der Waals surface area contributed by atoms with Gasteiger partial charge in [-0.2, -0.15) is 0 Å². The standard InChI is InChI=1S/C72H60N2/c1-69(2)58-32-20-18-29-52(58)54-37-35-48(39-61(54)69)73(46-25-14-10-15-26-46)50-41-65-68(57-44-63-56(43-64(57)72(65,7)8)67-51(45-23-12-9-13-24-45)31-22-34-60(67)71(63,5)6)66(42-50)74(47-27-16-11-17-28-47)49-36-38-55-53-30-19-21-33-59(53)70(3,4)62(55)40-49/h9-44H,1-8H3. The van der Waals surface area contributed by atoms with E-state index in [9.17, 15) is 0 Å². The van der Waals surface area contributed by atoms with Gasteiger partial charge in [0.2, 0.25) is 0 Å². The summed E-state index contributed by atoms with van der Waals surface area (Å²) >= 11 is 0. The second-order valence-corrected chi connectivity index (χ2v) is 23.3. The Morgan fingerprint density at radius 3 is 1.19 bits per heavy atom. The molecule has 2 nitrogen and oxygen atoms in total. The molecule has 2 heteroatoms. The van der Waals surface area contributed by atoms with Crippen LogP contribution in [0.15, 0.2) is 218 Å². The Hall–Kier alpha value is -8.20. The van der Waals surface area contributed by atoms with Gasteiger partial charge in [0.05, 0.1) is 5.69 Å². The van der Waals surface area contributed by atoms with Crippen LogP contribution in [0.5, 0.6) is 0 Å². The largest absolute Gasteiger partial charge is 0.310 e. The molecular weight excluding hydrogens is 893 g/mol. The summed E-state index contributed by atoms with van der Waals surface area (Å²) in [6.45, 7) is 19.3. The van der Waals surface area contributed by atoms with Crippen molar-refractivity contribution in [2.24, 2.45) is 0 Å². The van der Waals surface area contributed by atoms with Crippen molar-refractivity contribution in [2.45, 2.75) is 77.0 Å². The summed E-state index contributed by atoms with van der Waals surface area (Å²) in [6, 6.07) is 82.6. The molecule has 0 bridgehead atoms. The zero-order valence-electron chi connectivity index (χ0n) is 43.7. The van der Waals surface area contributed by atoms with Crippen molar-refractivity contribution in [2.75, 3.05) is 9.80 Å². The molecule has 0 aromatic heterocycles. The van der Waals surface area contributed by atoms with Gasteiger partial charge in [0.25, 0.3) is 0 Å². The lowest BCUT2D eigenvalue weighted by Gasteiger charge is -2.34. The van der Waals surface area contributed by atoms with Crippen molar-refractivity contribution in [1.29, 1.82) is 0 Å². The number of benzene rings is 10. The third-order valence-electron chi connectivity index (χ3n) is 17.8. The fourth-order valence-corrected chi connectivity index (χ4v) is 13.9. The molecule has 0 aliphatic heterocycles. The first-order chi connectivity index (χ1) is 35.7. The average molecular weight is 953 g/mol. The Morgan fingerprint density at radius 1 is 0.230 bits per heavy atom. The molecule has 0 unspecified atom stereocenters. The van der Waals surface area contributed by atoms with Crippen molar-refractivity contribution in [3.63, 3.8) is 0 Å². The second kappa shape index (κ2) is 15.7. The highest BCUT2D eigenvalue weighted by molar-refractivity contribution is 6.02. The van der Waals surface area contributed by atoms with Crippen LogP contribution in [0, 0.1) is 0 Å². The molecule has 10 aromatic carbocycles. The Labute approximate surface area is 437 Å². The van der Waals surface area contributed by atoms with Crippen LogP contribution in [-0.2, 0) is 21.7 Å². The van der Waals surface area contributed by atoms with Crippen molar-refractivity contribution in [1.82, 2.24) is 0 Å². The smallest absolute Gasteiger partial charge is 0.0564 e. The van der Waals surface area contributed by atoms with Crippen molar-refractivity contribution < 1.29 is 0 Å². The molecule has 358 valence electrons. The van der Waals surface area contributed by atoms with E-state index < -0.39 is 0 Å². The van der Waals surface area contributed by atoms with Gasteiger partial charge >= 0.3 is 0 Å². The predicted molar refractivity (Wildman–Crippen MR) is 312 cm³/mol. The van der Waals surface area contributed by atoms with Crippen molar-refractivity contribution >= 4 is 34.1 Å². The van der Waals surface area contributed by atoms with E-state index in [0.717, 1.165) is 34.1 Å². The van der Waals surface area contributed by atoms with E-state index in [1.165, 1.54) is 100 Å². The van der Waals surface area contributed by atoms with Gasteiger partial charge in [0, 0.05) is 55.7 Å². The van der Waals surface area contributed by atoms with Crippen LogP contribution in [0.1, 0.15) is 99.9 Å². The normalized spacial score (nSPS) is 15.7. The Balaban J connectivity index is 1.05. The number of rotatable bonds is 7. The van der Waals surface area contributed by atoms with Gasteiger partial charge in [0.15, 0.2) is 0 Å². The van der Waals surface area contributed by atoms with Gasteiger partial charge in [-0.1, -0.05) is 201 Å². The molecule has 10 aromatic rings. The molecule has 0 atom stereocenters. The third-order valence-corrected chi connectivity index (χ3v) is 17.8.